The molecule has 24 heavy (non-hydrogen) atoms. The number of nitrogens with one attached hydrogen (secondary N) is 1. The number of hydrogen-bond donors (Lipinski definition) is 1. The summed E-state index contributed by atoms with van der Waals surface area (Å²) in [5.74, 6) is -0.0738. The number of para-hydroxylation sites is 2. The minimum Gasteiger partial charge on any atom is -0.423 e. The van der Waals surface area contributed by atoms with Crippen molar-refractivity contribution in [3.8, 4) is 0 Å². The van der Waals surface area contributed by atoms with Crippen molar-refractivity contribution in [2.24, 2.45) is 7.05 Å². The Labute approximate surface area is 139 Å². The second-order valence-electron chi connectivity index (χ2n) is 6.09. The summed E-state index contributed by atoms with van der Waals surface area (Å²) in [5.41, 5.74) is 2.26. The van der Waals surface area contributed by atoms with E-state index in [1.165, 1.54) is 0 Å². The number of nitrogens with zero attached hydrogens (tertiary/aromatic N) is 4. The molecule has 1 aromatic carbocycles. The molecule has 3 aromatic rings. The smallest absolute Gasteiger partial charge is 0.298 e. The molecule has 1 saturated heterocycles. The number of benzene rings is 1. The largest absolute Gasteiger partial charge is 0.423 e. The molecule has 0 saturated carbocycles. The van der Waals surface area contributed by atoms with Gasteiger partial charge in [-0.05, 0) is 25.0 Å². The van der Waals surface area contributed by atoms with Crippen LogP contribution in [0.4, 0.5) is 6.01 Å². The Balaban J connectivity index is 1.38. The molecular weight excluding hydrogens is 306 g/mol. The first-order valence-electron chi connectivity index (χ1n) is 8.08. The van der Waals surface area contributed by atoms with E-state index in [1.807, 2.05) is 31.3 Å². The van der Waals surface area contributed by atoms with Gasteiger partial charge in [0.15, 0.2) is 5.58 Å². The number of piperidine rings is 1. The second kappa shape index (κ2) is 5.99. The van der Waals surface area contributed by atoms with Crippen LogP contribution in [0.15, 0.2) is 41.2 Å². The van der Waals surface area contributed by atoms with Crippen LogP contribution in [0.3, 0.4) is 0 Å². The Hall–Kier alpha value is -2.83. The zero-order chi connectivity index (χ0) is 16.5. The number of carbonyl (C=O) groups is 1. The standard InChI is InChI=1S/C17H19N5O2/c1-21-11-18-10-14(21)16(23)19-12-6-8-22(9-7-12)17-20-13-4-2-3-5-15(13)24-17/h2-5,10-12H,6-9H2,1H3,(H,19,23). The molecule has 0 spiro atoms. The van der Waals surface area contributed by atoms with Gasteiger partial charge in [-0.15, -0.1) is 0 Å². The lowest BCUT2D eigenvalue weighted by atomic mass is 10.1. The summed E-state index contributed by atoms with van der Waals surface area (Å²) in [6.07, 6.45) is 4.94. The zero-order valence-electron chi connectivity index (χ0n) is 13.5. The lowest BCUT2D eigenvalue weighted by Crippen LogP contribution is -2.45. The summed E-state index contributed by atoms with van der Waals surface area (Å²) in [6, 6.07) is 8.59. The van der Waals surface area contributed by atoms with Crippen LogP contribution in [0.2, 0.25) is 0 Å². The maximum atomic E-state index is 12.2. The van der Waals surface area contributed by atoms with Gasteiger partial charge < -0.3 is 19.2 Å². The molecule has 124 valence electrons. The molecule has 2 aromatic heterocycles. The highest BCUT2D eigenvalue weighted by Crippen LogP contribution is 2.24. The van der Waals surface area contributed by atoms with Gasteiger partial charge >= 0.3 is 0 Å². The number of aryl methyl sites for hydroxylation is 1. The molecule has 0 bridgehead atoms. The number of hydrogen-bond acceptors (Lipinski definition) is 5. The van der Waals surface area contributed by atoms with E-state index in [0.29, 0.717) is 11.7 Å². The molecule has 1 aliphatic rings. The highest BCUT2D eigenvalue weighted by molar-refractivity contribution is 5.92. The molecule has 0 aliphatic carbocycles. The molecule has 4 rings (SSSR count). The number of carbonyl (C=O) groups excluding carboxylic acids is 1. The van der Waals surface area contributed by atoms with Crippen LogP contribution in [0.1, 0.15) is 23.3 Å². The van der Waals surface area contributed by atoms with Crippen LogP contribution >= 0.6 is 0 Å². The molecule has 3 heterocycles. The van der Waals surface area contributed by atoms with Crippen molar-refractivity contribution in [3.63, 3.8) is 0 Å². The quantitative estimate of drug-likeness (QED) is 0.796. The molecule has 1 fully saturated rings. The van der Waals surface area contributed by atoms with E-state index in [0.717, 1.165) is 37.0 Å². The number of anilines is 1. The Kier molecular flexibility index (Phi) is 3.68. The highest BCUT2D eigenvalue weighted by atomic mass is 16.4. The summed E-state index contributed by atoms with van der Waals surface area (Å²) < 4.78 is 7.54. The average Bonchev–Trinajstić information content (AvgIpc) is 3.21. The fraction of sp³-hybridized carbons (Fsp3) is 0.353. The number of imidazole rings is 1. The van der Waals surface area contributed by atoms with Gasteiger partial charge in [0.05, 0.1) is 12.5 Å². The molecule has 0 unspecified atom stereocenters. The Morgan fingerprint density at radius 2 is 2.08 bits per heavy atom. The van der Waals surface area contributed by atoms with E-state index in [2.05, 4.69) is 20.2 Å². The minimum atomic E-state index is -0.0738. The Morgan fingerprint density at radius 1 is 1.29 bits per heavy atom. The van der Waals surface area contributed by atoms with Crippen LogP contribution in [-0.4, -0.2) is 39.6 Å². The fourth-order valence-electron chi connectivity index (χ4n) is 3.05. The predicted octanol–water partition coefficient (Wildman–Crippen LogP) is 1.96. The fourth-order valence-corrected chi connectivity index (χ4v) is 3.05. The van der Waals surface area contributed by atoms with Gasteiger partial charge in [-0.3, -0.25) is 4.79 Å². The second-order valence-corrected chi connectivity index (χ2v) is 6.09. The van der Waals surface area contributed by atoms with Crippen molar-refractivity contribution < 1.29 is 9.21 Å². The molecule has 1 N–H and O–H groups in total. The van der Waals surface area contributed by atoms with Crippen LogP contribution in [0.5, 0.6) is 0 Å². The third kappa shape index (κ3) is 2.73. The predicted molar refractivity (Wildman–Crippen MR) is 89.9 cm³/mol. The van der Waals surface area contributed by atoms with Crippen LogP contribution < -0.4 is 10.2 Å². The average molecular weight is 325 g/mol. The van der Waals surface area contributed by atoms with Crippen molar-refractivity contribution >= 4 is 23.0 Å². The Morgan fingerprint density at radius 3 is 2.79 bits per heavy atom. The van der Waals surface area contributed by atoms with Gasteiger partial charge in [0.25, 0.3) is 11.9 Å². The summed E-state index contributed by atoms with van der Waals surface area (Å²) in [6.45, 7) is 1.62. The summed E-state index contributed by atoms with van der Waals surface area (Å²) >= 11 is 0. The first-order chi connectivity index (χ1) is 11.7. The number of aromatic nitrogens is 3. The number of amides is 1. The zero-order valence-corrected chi connectivity index (χ0v) is 13.5. The van der Waals surface area contributed by atoms with Crippen LogP contribution in [0, 0.1) is 0 Å². The summed E-state index contributed by atoms with van der Waals surface area (Å²) in [7, 11) is 1.82. The number of oxazole rings is 1. The summed E-state index contributed by atoms with van der Waals surface area (Å²) in [4.78, 5) is 22.9. The molecule has 7 nitrogen and oxygen atoms in total. The highest BCUT2D eigenvalue weighted by Gasteiger charge is 2.24. The molecule has 1 amide bonds. The maximum Gasteiger partial charge on any atom is 0.298 e. The SMILES string of the molecule is Cn1cncc1C(=O)NC1CCN(c2nc3ccccc3o2)CC1. The van der Waals surface area contributed by atoms with E-state index in [9.17, 15) is 4.79 Å². The van der Waals surface area contributed by atoms with Crippen molar-refractivity contribution in [1.29, 1.82) is 0 Å². The van der Waals surface area contributed by atoms with Crippen molar-refractivity contribution in [3.05, 3.63) is 42.5 Å². The maximum absolute atomic E-state index is 12.2. The lowest BCUT2D eigenvalue weighted by molar-refractivity contribution is 0.0922. The van der Waals surface area contributed by atoms with Gasteiger partial charge in [0.1, 0.15) is 11.2 Å². The number of rotatable bonds is 3. The minimum absolute atomic E-state index is 0.0738. The first kappa shape index (κ1) is 14.7. The molecular formula is C17H19N5O2. The topological polar surface area (TPSA) is 76.2 Å². The monoisotopic (exact) mass is 325 g/mol. The van der Waals surface area contributed by atoms with Gasteiger partial charge in [0.2, 0.25) is 0 Å². The van der Waals surface area contributed by atoms with Crippen LogP contribution in [-0.2, 0) is 7.05 Å². The van der Waals surface area contributed by atoms with E-state index in [-0.39, 0.29) is 11.9 Å². The van der Waals surface area contributed by atoms with Gasteiger partial charge in [-0.25, -0.2) is 4.98 Å². The lowest BCUT2D eigenvalue weighted by Gasteiger charge is -2.31. The molecule has 1 aliphatic heterocycles. The van der Waals surface area contributed by atoms with E-state index >= 15 is 0 Å². The van der Waals surface area contributed by atoms with Crippen molar-refractivity contribution in [2.45, 2.75) is 18.9 Å². The van der Waals surface area contributed by atoms with Crippen molar-refractivity contribution in [1.82, 2.24) is 19.9 Å². The normalized spacial score (nSPS) is 15.8. The van der Waals surface area contributed by atoms with E-state index < -0.39 is 0 Å². The first-order valence-corrected chi connectivity index (χ1v) is 8.08. The summed E-state index contributed by atoms with van der Waals surface area (Å²) in [5, 5.41) is 3.08. The van der Waals surface area contributed by atoms with Crippen LogP contribution in [0.25, 0.3) is 11.1 Å². The third-order valence-corrected chi connectivity index (χ3v) is 4.43. The van der Waals surface area contributed by atoms with E-state index in [1.54, 1.807) is 17.1 Å². The van der Waals surface area contributed by atoms with Crippen molar-refractivity contribution in [2.75, 3.05) is 18.0 Å². The Bertz CT molecular complexity index is 828. The van der Waals surface area contributed by atoms with Gasteiger partial charge in [-0.1, -0.05) is 12.1 Å². The van der Waals surface area contributed by atoms with Gasteiger partial charge in [0, 0.05) is 26.2 Å². The molecule has 0 radical (unpaired) electrons. The molecule has 7 heteroatoms. The third-order valence-electron chi connectivity index (χ3n) is 4.43. The molecule has 0 atom stereocenters. The number of fused-ring (bicyclic) bond motifs is 1. The van der Waals surface area contributed by atoms with E-state index in [4.69, 9.17) is 4.42 Å². The van der Waals surface area contributed by atoms with Gasteiger partial charge in [-0.2, -0.15) is 4.98 Å².